The molecule has 3 aromatic rings. The molecule has 1 aliphatic carbocycles. The van der Waals surface area contributed by atoms with Crippen LogP contribution in [0.3, 0.4) is 0 Å². The molecule has 0 spiro atoms. The smallest absolute Gasteiger partial charge is 0.335 e. The number of hydrogen-bond donors (Lipinski definition) is 1. The summed E-state index contributed by atoms with van der Waals surface area (Å²) in [6.07, 6.45) is 5.34. The van der Waals surface area contributed by atoms with E-state index in [-0.39, 0.29) is 17.0 Å². The average Bonchev–Trinajstić information content (AvgIpc) is 3.44. The number of thiazole rings is 1. The number of hydrogen-bond acceptors (Lipinski definition) is 7. The minimum absolute atomic E-state index is 0.0179. The van der Waals surface area contributed by atoms with E-state index >= 15 is 0 Å². The third-order valence-electron chi connectivity index (χ3n) is 6.42. The summed E-state index contributed by atoms with van der Waals surface area (Å²) in [5, 5.41) is 11.9. The highest BCUT2D eigenvalue weighted by atomic mass is 32.2. The van der Waals surface area contributed by atoms with Crippen LogP contribution in [0.5, 0.6) is 5.75 Å². The third-order valence-corrected chi connectivity index (χ3v) is 8.29. The van der Waals surface area contributed by atoms with Gasteiger partial charge in [0.05, 0.1) is 42.7 Å². The Morgan fingerprint density at radius 2 is 2.06 bits per heavy atom. The van der Waals surface area contributed by atoms with Crippen LogP contribution in [0.15, 0.2) is 54.6 Å². The lowest BCUT2D eigenvalue weighted by Gasteiger charge is -2.35. The van der Waals surface area contributed by atoms with Crippen LogP contribution in [0.25, 0.3) is 5.57 Å². The number of aromatic carboxylic acids is 1. The molecule has 5 rings (SSSR count). The summed E-state index contributed by atoms with van der Waals surface area (Å²) in [5.74, 6) is -0.416. The van der Waals surface area contributed by atoms with Crippen molar-refractivity contribution < 1.29 is 23.4 Å². The van der Waals surface area contributed by atoms with E-state index in [2.05, 4.69) is 30.3 Å². The Labute approximate surface area is 209 Å². The number of ether oxygens (including phenoxy) is 1. The van der Waals surface area contributed by atoms with Gasteiger partial charge in [0.15, 0.2) is 0 Å². The standard InChI is InChI=1S/C25H25N3O5S2/c1-33-22-13-19(25(29)30)11-12-21(22)28(35(31)32)27-14-20-23(15-27)34-24(26-20)18-9-7-17(8-10-18)16-5-3-2-4-6-16/h2-6,9,11-13,17H,7-8,10,14-15H2,1H3,(H,29,30)(H,31,32)/p-1. The highest BCUT2D eigenvalue weighted by molar-refractivity contribution is 7.80. The molecule has 0 fully saturated rings. The van der Waals surface area contributed by atoms with Gasteiger partial charge in [0.2, 0.25) is 0 Å². The van der Waals surface area contributed by atoms with Crippen LogP contribution in [-0.4, -0.2) is 36.9 Å². The van der Waals surface area contributed by atoms with Gasteiger partial charge in [-0.3, -0.25) is 4.21 Å². The van der Waals surface area contributed by atoms with Gasteiger partial charge in [-0.15, -0.1) is 11.3 Å². The van der Waals surface area contributed by atoms with Gasteiger partial charge in [0, 0.05) is 4.88 Å². The summed E-state index contributed by atoms with van der Waals surface area (Å²) in [4.78, 5) is 17.2. The van der Waals surface area contributed by atoms with Crippen molar-refractivity contribution in [2.24, 2.45) is 0 Å². The summed E-state index contributed by atoms with van der Waals surface area (Å²) in [6.45, 7) is 0.730. The van der Waals surface area contributed by atoms with Gasteiger partial charge >= 0.3 is 5.97 Å². The van der Waals surface area contributed by atoms with E-state index in [4.69, 9.17) is 9.72 Å². The van der Waals surface area contributed by atoms with Crippen LogP contribution in [0.1, 0.15) is 56.7 Å². The van der Waals surface area contributed by atoms with Crippen molar-refractivity contribution in [2.45, 2.75) is 38.3 Å². The molecule has 1 aliphatic heterocycles. The number of benzene rings is 2. The first kappa shape index (κ1) is 23.7. The van der Waals surface area contributed by atoms with Crippen LogP contribution in [-0.2, 0) is 24.4 Å². The number of carboxylic acid groups (broad SMARTS) is 1. The molecule has 0 saturated carbocycles. The van der Waals surface area contributed by atoms with Gasteiger partial charge < -0.3 is 14.4 Å². The predicted molar refractivity (Wildman–Crippen MR) is 134 cm³/mol. The van der Waals surface area contributed by atoms with Gasteiger partial charge in [-0.05, 0) is 54.5 Å². The van der Waals surface area contributed by atoms with Gasteiger partial charge in [0.1, 0.15) is 16.4 Å². The number of rotatable bonds is 7. The first-order valence-electron chi connectivity index (χ1n) is 11.2. The number of nitrogens with zero attached hydrogens (tertiary/aromatic N) is 3. The Morgan fingerprint density at radius 1 is 1.26 bits per heavy atom. The molecule has 0 saturated heterocycles. The number of aromatic nitrogens is 1. The maximum absolute atomic E-state index is 12.2. The van der Waals surface area contributed by atoms with Crippen molar-refractivity contribution in [1.82, 2.24) is 9.99 Å². The maximum Gasteiger partial charge on any atom is 0.335 e. The zero-order valence-electron chi connectivity index (χ0n) is 19.0. The van der Waals surface area contributed by atoms with Crippen molar-refractivity contribution in [1.29, 1.82) is 0 Å². The highest BCUT2D eigenvalue weighted by Gasteiger charge is 2.31. The molecule has 0 amide bonds. The van der Waals surface area contributed by atoms with Gasteiger partial charge in [-0.25, -0.2) is 14.2 Å². The fraction of sp³-hybridized carbons (Fsp3) is 0.280. The van der Waals surface area contributed by atoms with Gasteiger partial charge in [-0.1, -0.05) is 36.4 Å². The molecule has 2 atom stereocenters. The van der Waals surface area contributed by atoms with E-state index in [9.17, 15) is 18.7 Å². The molecular formula is C25H24N3O5S2-. The molecule has 2 heterocycles. The molecule has 0 bridgehead atoms. The average molecular weight is 511 g/mol. The highest BCUT2D eigenvalue weighted by Crippen LogP contribution is 2.41. The summed E-state index contributed by atoms with van der Waals surface area (Å²) in [7, 11) is 1.38. The van der Waals surface area contributed by atoms with Crippen LogP contribution in [0, 0.1) is 0 Å². The fourth-order valence-corrected chi connectivity index (χ4v) is 6.41. The SMILES string of the molecule is COc1cc(C(=O)O)ccc1N(N1Cc2nc(C3=CCC(c4ccccc4)CC3)sc2C1)S(=O)[O-]. The summed E-state index contributed by atoms with van der Waals surface area (Å²) in [5.41, 5.74) is 3.77. The van der Waals surface area contributed by atoms with Crippen molar-refractivity contribution in [2.75, 3.05) is 11.5 Å². The van der Waals surface area contributed by atoms with Gasteiger partial charge in [-0.2, -0.15) is 5.01 Å². The van der Waals surface area contributed by atoms with E-state index in [0.29, 0.717) is 19.0 Å². The normalized spacial score (nSPS) is 18.6. The Hall–Kier alpha value is -3.05. The second kappa shape index (κ2) is 9.90. The Morgan fingerprint density at radius 3 is 2.69 bits per heavy atom. The molecular weight excluding hydrogens is 486 g/mol. The molecule has 2 unspecified atom stereocenters. The molecule has 10 heteroatoms. The quantitative estimate of drug-likeness (QED) is 0.458. The van der Waals surface area contributed by atoms with Crippen LogP contribution < -0.4 is 9.15 Å². The number of carbonyl (C=O) groups is 1. The Bertz CT molecular complexity index is 1280. The van der Waals surface area contributed by atoms with Gasteiger partial charge in [0.25, 0.3) is 0 Å². The first-order chi connectivity index (χ1) is 16.9. The first-order valence-corrected chi connectivity index (χ1v) is 13.1. The van der Waals surface area contributed by atoms with E-state index < -0.39 is 17.2 Å². The zero-order valence-corrected chi connectivity index (χ0v) is 20.7. The van der Waals surface area contributed by atoms with Crippen molar-refractivity contribution in [3.05, 3.63) is 81.3 Å². The number of methoxy groups -OCH3 is 1. The minimum atomic E-state index is -2.63. The fourth-order valence-electron chi connectivity index (χ4n) is 4.64. The molecule has 2 aromatic carbocycles. The van der Waals surface area contributed by atoms with E-state index in [0.717, 1.165) is 39.3 Å². The van der Waals surface area contributed by atoms with Crippen LogP contribution in [0.4, 0.5) is 5.69 Å². The maximum atomic E-state index is 12.2. The largest absolute Gasteiger partial charge is 0.754 e. The second-order valence-corrected chi connectivity index (χ2v) is 10.4. The monoisotopic (exact) mass is 510 g/mol. The number of hydrazine groups is 1. The molecule has 182 valence electrons. The number of carboxylic acids is 1. The molecule has 0 radical (unpaired) electrons. The molecule has 1 aromatic heterocycles. The summed E-state index contributed by atoms with van der Waals surface area (Å²) < 4.78 is 30.8. The lowest BCUT2D eigenvalue weighted by atomic mass is 9.85. The number of anilines is 1. The topological polar surface area (TPSA) is 106 Å². The third kappa shape index (κ3) is 4.74. The van der Waals surface area contributed by atoms with E-state index in [1.54, 1.807) is 16.3 Å². The lowest BCUT2D eigenvalue weighted by Crippen LogP contribution is -2.40. The zero-order chi connectivity index (χ0) is 24.5. The molecule has 1 N–H and O–H groups in total. The minimum Gasteiger partial charge on any atom is -0.754 e. The Kier molecular flexibility index (Phi) is 6.70. The second-order valence-electron chi connectivity index (χ2n) is 8.50. The number of allylic oxidation sites excluding steroid dienone is 2. The summed E-state index contributed by atoms with van der Waals surface area (Å²) in [6, 6.07) is 14.7. The van der Waals surface area contributed by atoms with Crippen molar-refractivity contribution >= 4 is 39.8 Å². The van der Waals surface area contributed by atoms with Crippen LogP contribution in [0.2, 0.25) is 0 Å². The Balaban J connectivity index is 1.33. The van der Waals surface area contributed by atoms with Crippen LogP contribution >= 0.6 is 11.3 Å². The predicted octanol–water partition coefficient (Wildman–Crippen LogP) is 4.73. The van der Waals surface area contributed by atoms with Crippen molar-refractivity contribution in [3.63, 3.8) is 0 Å². The molecule has 8 nitrogen and oxygen atoms in total. The lowest BCUT2D eigenvalue weighted by molar-refractivity contribution is 0.0696. The van der Waals surface area contributed by atoms with E-state index in [1.807, 2.05) is 6.07 Å². The summed E-state index contributed by atoms with van der Waals surface area (Å²) >= 11 is -1.02. The molecule has 2 aliphatic rings. The van der Waals surface area contributed by atoms with Crippen molar-refractivity contribution in [3.8, 4) is 5.75 Å². The molecule has 35 heavy (non-hydrogen) atoms. The number of fused-ring (bicyclic) bond motifs is 1. The van der Waals surface area contributed by atoms with E-state index in [1.165, 1.54) is 36.4 Å².